The lowest BCUT2D eigenvalue weighted by molar-refractivity contribution is -0.359. The lowest BCUT2D eigenvalue weighted by atomic mass is 9.97. The molecule has 1 amide bonds. The summed E-state index contributed by atoms with van der Waals surface area (Å²) in [5.41, 5.74) is 0. The SMILES string of the molecule is CCCCCCCCCCCCCCCCCCCCCCCCCCCCCCCCCC(O)C(COC1OC(CO)C(OC2OC(CO)C(O)C(O)C2O)C(O)C1O)NC(=O)CCCCCCCCCCCCCCCCCCCCC. The highest BCUT2D eigenvalue weighted by atomic mass is 16.7. The van der Waals surface area contributed by atoms with Crippen molar-refractivity contribution in [1.29, 1.82) is 0 Å². The Hall–Kier alpha value is -1.01. The third-order valence-electron chi connectivity index (χ3n) is 18.3. The summed E-state index contributed by atoms with van der Waals surface area (Å²) in [5, 5.41) is 87.6. The minimum atomic E-state index is -1.78. The van der Waals surface area contributed by atoms with E-state index < -0.39 is 86.8 Å². The zero-order chi connectivity index (χ0) is 60.9. The minimum Gasteiger partial charge on any atom is -0.394 e. The summed E-state index contributed by atoms with van der Waals surface area (Å²) in [5.74, 6) is -0.197. The van der Waals surface area contributed by atoms with Crippen LogP contribution in [0.2, 0.25) is 0 Å². The van der Waals surface area contributed by atoms with Crippen molar-refractivity contribution in [3.63, 3.8) is 0 Å². The lowest BCUT2D eigenvalue weighted by Crippen LogP contribution is -2.65. The Balaban J connectivity index is 1.63. The van der Waals surface area contributed by atoms with Crippen LogP contribution < -0.4 is 5.32 Å². The van der Waals surface area contributed by atoms with Crippen LogP contribution in [0.4, 0.5) is 0 Å². The monoisotopic (exact) mass is 1200 g/mol. The molecule has 2 rings (SSSR count). The molecule has 2 aliphatic rings. The molecule has 2 saturated heterocycles. The highest BCUT2D eigenvalue weighted by Crippen LogP contribution is 2.30. The normalized spacial score (nSPS) is 23.5. The Labute approximate surface area is 514 Å². The predicted octanol–water partition coefficient (Wildman–Crippen LogP) is 14.8. The van der Waals surface area contributed by atoms with Crippen LogP contribution in [0.3, 0.4) is 0 Å². The van der Waals surface area contributed by atoms with Crippen LogP contribution in [-0.4, -0.2) is 140 Å². The molecular weight excluding hydrogens is 1060 g/mol. The molecular formula is C70H137NO13. The standard InChI is InChI=1S/C70H137NO13/c1-3-5-7-9-11-13-15-17-19-21-23-24-25-26-27-28-29-30-31-32-33-34-36-37-39-41-43-45-47-49-51-53-59(74)58(71-62(75)54-52-50-48-46-44-42-40-38-35-22-20-18-16-14-12-10-8-6-4-2)57-81-69-67(80)65(78)68(61(56-73)83-69)84-70-66(79)64(77)63(76)60(55-72)82-70/h58-61,63-70,72-74,76-80H,3-57H2,1-2H3,(H,71,75). The second-order valence-electron chi connectivity index (χ2n) is 26.1. The van der Waals surface area contributed by atoms with E-state index in [0.717, 1.165) is 51.4 Å². The van der Waals surface area contributed by atoms with E-state index >= 15 is 0 Å². The summed E-state index contributed by atoms with van der Waals surface area (Å²) in [6, 6.07) is -0.824. The van der Waals surface area contributed by atoms with Gasteiger partial charge < -0.3 is 65.1 Å². The first-order chi connectivity index (χ1) is 41.1. The molecule has 0 bridgehead atoms. The van der Waals surface area contributed by atoms with Crippen molar-refractivity contribution >= 4 is 5.91 Å². The van der Waals surface area contributed by atoms with Gasteiger partial charge in [-0.1, -0.05) is 328 Å². The molecule has 0 aromatic rings. The molecule has 500 valence electrons. The average Bonchev–Trinajstić information content (AvgIpc) is 3.62. The summed E-state index contributed by atoms with van der Waals surface area (Å²) in [6.07, 6.45) is 49.9. The van der Waals surface area contributed by atoms with Crippen molar-refractivity contribution in [3.8, 4) is 0 Å². The Morgan fingerprint density at radius 3 is 1.01 bits per heavy atom. The van der Waals surface area contributed by atoms with Gasteiger partial charge in [-0.15, -0.1) is 0 Å². The minimum absolute atomic E-state index is 0.197. The number of carbonyl (C=O) groups is 1. The number of unbranched alkanes of at least 4 members (excludes halogenated alkanes) is 48. The van der Waals surface area contributed by atoms with Crippen molar-refractivity contribution in [2.24, 2.45) is 0 Å². The lowest BCUT2D eigenvalue weighted by Gasteiger charge is -2.46. The van der Waals surface area contributed by atoms with Crippen LogP contribution in [-0.2, 0) is 23.7 Å². The van der Waals surface area contributed by atoms with Gasteiger partial charge in [0.05, 0.1) is 32.0 Å². The van der Waals surface area contributed by atoms with Gasteiger partial charge in [-0.05, 0) is 12.8 Å². The third-order valence-corrected chi connectivity index (χ3v) is 18.3. The van der Waals surface area contributed by atoms with E-state index in [1.54, 1.807) is 0 Å². The molecule has 9 N–H and O–H groups in total. The molecule has 2 heterocycles. The van der Waals surface area contributed by atoms with Crippen molar-refractivity contribution in [1.82, 2.24) is 5.32 Å². The van der Waals surface area contributed by atoms with Gasteiger partial charge in [0.2, 0.25) is 5.91 Å². The number of hydrogen-bond donors (Lipinski definition) is 9. The molecule has 0 spiro atoms. The second kappa shape index (κ2) is 56.0. The molecule has 0 aromatic heterocycles. The number of aliphatic hydroxyl groups excluding tert-OH is 8. The van der Waals surface area contributed by atoms with Gasteiger partial charge in [0.15, 0.2) is 12.6 Å². The number of ether oxygens (including phenoxy) is 4. The summed E-state index contributed by atoms with van der Waals surface area (Å²) < 4.78 is 22.9. The maximum atomic E-state index is 13.3. The number of aliphatic hydroxyl groups is 8. The maximum Gasteiger partial charge on any atom is 0.220 e. The van der Waals surface area contributed by atoms with Crippen LogP contribution in [0.15, 0.2) is 0 Å². The van der Waals surface area contributed by atoms with E-state index in [-0.39, 0.29) is 12.5 Å². The Bertz CT molecular complexity index is 1410. The van der Waals surface area contributed by atoms with Gasteiger partial charge in [-0.3, -0.25) is 4.79 Å². The van der Waals surface area contributed by atoms with Gasteiger partial charge >= 0.3 is 0 Å². The molecule has 0 radical (unpaired) electrons. The highest BCUT2D eigenvalue weighted by Gasteiger charge is 2.51. The summed E-state index contributed by atoms with van der Waals surface area (Å²) in [4.78, 5) is 13.3. The average molecular weight is 1200 g/mol. The van der Waals surface area contributed by atoms with E-state index in [9.17, 15) is 45.6 Å². The Morgan fingerprint density at radius 1 is 0.381 bits per heavy atom. The van der Waals surface area contributed by atoms with Crippen molar-refractivity contribution in [2.75, 3.05) is 19.8 Å². The van der Waals surface area contributed by atoms with Crippen molar-refractivity contribution in [2.45, 2.75) is 421 Å². The number of hydrogen-bond acceptors (Lipinski definition) is 13. The van der Waals surface area contributed by atoms with Crippen LogP contribution in [0.1, 0.15) is 348 Å². The summed E-state index contributed by atoms with van der Waals surface area (Å²) >= 11 is 0. The van der Waals surface area contributed by atoms with Gasteiger partial charge in [-0.2, -0.15) is 0 Å². The summed E-state index contributed by atoms with van der Waals surface area (Å²) in [6.45, 7) is 2.93. The largest absolute Gasteiger partial charge is 0.394 e. The number of rotatable bonds is 61. The fraction of sp³-hybridized carbons (Fsp3) is 0.986. The quantitative estimate of drug-likeness (QED) is 0.0259. The van der Waals surface area contributed by atoms with E-state index in [0.29, 0.717) is 12.8 Å². The van der Waals surface area contributed by atoms with E-state index in [1.165, 1.54) is 270 Å². The van der Waals surface area contributed by atoms with Gasteiger partial charge in [0, 0.05) is 6.42 Å². The van der Waals surface area contributed by atoms with Crippen molar-refractivity contribution < 1.29 is 64.6 Å². The number of carbonyl (C=O) groups excluding carboxylic acids is 1. The van der Waals surface area contributed by atoms with E-state index in [1.807, 2.05) is 0 Å². The topological polar surface area (TPSA) is 228 Å². The van der Waals surface area contributed by atoms with Crippen LogP contribution in [0, 0.1) is 0 Å². The summed E-state index contributed by atoms with van der Waals surface area (Å²) in [7, 11) is 0. The van der Waals surface area contributed by atoms with Crippen molar-refractivity contribution in [3.05, 3.63) is 0 Å². The van der Waals surface area contributed by atoms with E-state index in [4.69, 9.17) is 18.9 Å². The molecule has 0 saturated carbocycles. The van der Waals surface area contributed by atoms with Gasteiger partial charge in [0.1, 0.15) is 48.8 Å². The van der Waals surface area contributed by atoms with Crippen LogP contribution in [0.5, 0.6) is 0 Å². The van der Waals surface area contributed by atoms with Crippen LogP contribution in [0.25, 0.3) is 0 Å². The number of nitrogens with one attached hydrogen (secondary N) is 1. The molecule has 84 heavy (non-hydrogen) atoms. The molecule has 14 heteroatoms. The van der Waals surface area contributed by atoms with Gasteiger partial charge in [-0.25, -0.2) is 0 Å². The molecule has 12 unspecified atom stereocenters. The van der Waals surface area contributed by atoms with Gasteiger partial charge in [0.25, 0.3) is 0 Å². The Kier molecular flexibility index (Phi) is 52.7. The second-order valence-corrected chi connectivity index (χ2v) is 26.1. The first kappa shape index (κ1) is 79.1. The van der Waals surface area contributed by atoms with Crippen LogP contribution >= 0.6 is 0 Å². The molecule has 2 fully saturated rings. The molecule has 14 nitrogen and oxygen atoms in total. The fourth-order valence-corrected chi connectivity index (χ4v) is 12.5. The molecule has 0 aromatic carbocycles. The zero-order valence-electron chi connectivity index (χ0n) is 54.4. The Morgan fingerprint density at radius 2 is 0.679 bits per heavy atom. The first-order valence-corrected chi connectivity index (χ1v) is 36.3. The number of amides is 1. The zero-order valence-corrected chi connectivity index (χ0v) is 54.4. The molecule has 12 atom stereocenters. The highest BCUT2D eigenvalue weighted by molar-refractivity contribution is 5.76. The first-order valence-electron chi connectivity index (χ1n) is 36.3. The molecule has 0 aliphatic carbocycles. The smallest absolute Gasteiger partial charge is 0.220 e. The fourth-order valence-electron chi connectivity index (χ4n) is 12.5. The van der Waals surface area contributed by atoms with E-state index in [2.05, 4.69) is 19.2 Å². The maximum absolute atomic E-state index is 13.3. The third kappa shape index (κ3) is 39.9. The predicted molar refractivity (Wildman–Crippen MR) is 342 cm³/mol. The molecule has 2 aliphatic heterocycles.